The summed E-state index contributed by atoms with van der Waals surface area (Å²) >= 11 is 10.7. The van der Waals surface area contributed by atoms with Gasteiger partial charge in [-0.25, -0.2) is 19.9 Å². The normalized spacial score (nSPS) is 11.8. The standard InChI is InChI=1S/C46H26N12O6S10.2Na.2H/c59-73(60,61)35-21-23(47-37-53-39(69-43-49-27-9-1-5-13-31(27)65-43)57-40(54-37)70-44-50-28-10-2-6-14-32(28)66-44)17-19-25(35)26-20-18-24(22-36(26)74(62,63)64)48-38-55-41(71-45-51-29-11-3-7-15-33(29)67-45)58-42(56-38)72-46-52-30-12-4-8-16-34(30)68-46;;;;/h1-22H,(H,59,60,61)(H,62,63,64)(H,47,53,54,57)(H,48,55,56,58);;;;. The van der Waals surface area contributed by atoms with Gasteiger partial charge in [-0.2, -0.15) is 46.7 Å². The molecule has 18 nitrogen and oxygen atoms in total. The molecular formula is C46H28N12Na2O6S10. The summed E-state index contributed by atoms with van der Waals surface area (Å²) < 4.78 is 80.8. The number of rotatable bonds is 15. The fourth-order valence-electron chi connectivity index (χ4n) is 7.19. The van der Waals surface area contributed by atoms with Crippen molar-refractivity contribution in [3.63, 3.8) is 0 Å². The van der Waals surface area contributed by atoms with E-state index in [-0.39, 0.29) is 114 Å². The molecule has 12 aromatic rings. The predicted octanol–water partition coefficient (Wildman–Crippen LogP) is 11.5. The van der Waals surface area contributed by atoms with Crippen LogP contribution in [-0.4, -0.2) is 135 Å². The van der Waals surface area contributed by atoms with Gasteiger partial charge in [0.25, 0.3) is 20.2 Å². The Morgan fingerprint density at radius 2 is 0.645 bits per heavy atom. The molecule has 370 valence electrons. The van der Waals surface area contributed by atoms with Crippen molar-refractivity contribution in [3.8, 4) is 11.1 Å². The molecule has 0 aliphatic heterocycles. The van der Waals surface area contributed by atoms with E-state index in [1.165, 1.54) is 117 Å². The number of nitrogens with one attached hydrogen (secondary N) is 2. The van der Waals surface area contributed by atoms with Crippen molar-refractivity contribution in [1.29, 1.82) is 0 Å². The molecule has 0 saturated carbocycles. The third-order valence-corrected chi connectivity index (χ3v) is 20.0. The van der Waals surface area contributed by atoms with Crippen LogP contribution in [0.2, 0.25) is 0 Å². The number of fused-ring (bicyclic) bond motifs is 4. The van der Waals surface area contributed by atoms with Crippen LogP contribution >= 0.6 is 92.4 Å². The minimum absolute atomic E-state index is 0. The molecule has 0 amide bonds. The Morgan fingerprint density at radius 1 is 0.368 bits per heavy atom. The second kappa shape index (κ2) is 23.2. The van der Waals surface area contributed by atoms with Crippen molar-refractivity contribution in [3.05, 3.63) is 133 Å². The number of hydrogen-bond acceptors (Lipinski definition) is 24. The van der Waals surface area contributed by atoms with Crippen LogP contribution in [-0.2, 0) is 20.2 Å². The molecule has 0 spiro atoms. The van der Waals surface area contributed by atoms with Crippen LogP contribution < -0.4 is 10.6 Å². The first-order valence-corrected chi connectivity index (χ1v) is 30.6. The molecule has 0 unspecified atom stereocenters. The molecule has 6 aromatic heterocycles. The maximum atomic E-state index is 13.2. The molecule has 0 atom stereocenters. The Balaban J connectivity index is 0.00000328. The van der Waals surface area contributed by atoms with Crippen LogP contribution in [0, 0.1) is 0 Å². The molecule has 0 radical (unpaired) electrons. The van der Waals surface area contributed by atoms with E-state index in [1.54, 1.807) is 0 Å². The zero-order chi connectivity index (χ0) is 50.6. The predicted molar refractivity (Wildman–Crippen MR) is 307 cm³/mol. The van der Waals surface area contributed by atoms with Crippen LogP contribution in [0.15, 0.2) is 181 Å². The van der Waals surface area contributed by atoms with E-state index in [0.717, 1.165) is 53.0 Å². The van der Waals surface area contributed by atoms with Gasteiger partial charge in [-0.15, -0.1) is 45.3 Å². The molecule has 0 saturated heterocycles. The molecule has 12 rings (SSSR count). The summed E-state index contributed by atoms with van der Waals surface area (Å²) in [5.41, 5.74) is 3.00. The van der Waals surface area contributed by atoms with Crippen LogP contribution in [0.1, 0.15) is 0 Å². The van der Waals surface area contributed by atoms with Gasteiger partial charge in [0.15, 0.2) is 17.4 Å². The van der Waals surface area contributed by atoms with Gasteiger partial charge in [0.1, 0.15) is 9.79 Å². The maximum absolute atomic E-state index is 13.2. The summed E-state index contributed by atoms with van der Waals surface area (Å²) in [6.45, 7) is 0. The van der Waals surface area contributed by atoms with Crippen molar-refractivity contribution in [2.75, 3.05) is 10.6 Å². The molecule has 0 aliphatic rings. The van der Waals surface area contributed by atoms with E-state index in [4.69, 9.17) is 29.9 Å². The Hall–Kier alpha value is -4.28. The van der Waals surface area contributed by atoms with Gasteiger partial charge in [-0.3, -0.25) is 9.11 Å². The summed E-state index contributed by atoms with van der Waals surface area (Å²) in [4.78, 5) is 45.4. The SMILES string of the molecule is O=S(=O)(O)c1cc(Nc2nc(Sc3nc4ccccc4s3)nc(Sc3nc4ccccc4s3)n2)ccc1-c1ccc(Nc2nc(Sc3nc4ccccc4s3)nc(Sc3nc4ccccc4s3)n2)cc1S(=O)(=O)O.[NaH].[NaH]. The quantitative estimate of drug-likeness (QED) is 0.0549. The Kier molecular flexibility index (Phi) is 16.8. The molecule has 0 fully saturated rings. The first kappa shape index (κ1) is 55.1. The summed E-state index contributed by atoms with van der Waals surface area (Å²) in [5.74, 6) is 0.0498. The van der Waals surface area contributed by atoms with E-state index in [0.29, 0.717) is 17.4 Å². The molecule has 4 N–H and O–H groups in total. The van der Waals surface area contributed by atoms with E-state index >= 15 is 0 Å². The number of anilines is 4. The summed E-state index contributed by atoms with van der Waals surface area (Å²) in [6.07, 6.45) is 0. The van der Waals surface area contributed by atoms with E-state index < -0.39 is 30.0 Å². The first-order valence-electron chi connectivity index (χ1n) is 21.2. The number of nitrogens with zero attached hydrogens (tertiary/aromatic N) is 10. The second-order valence-electron chi connectivity index (χ2n) is 15.3. The molecule has 30 heteroatoms. The molecule has 6 aromatic carbocycles. The average Bonchev–Trinajstić information content (AvgIpc) is 4.18. The fraction of sp³-hybridized carbons (Fsp3) is 0. The molecule has 6 heterocycles. The number of para-hydroxylation sites is 4. The van der Waals surface area contributed by atoms with Crippen molar-refractivity contribution >= 4 is 236 Å². The third kappa shape index (κ3) is 12.6. The van der Waals surface area contributed by atoms with E-state index in [1.807, 2.05) is 97.1 Å². The fourth-order valence-corrected chi connectivity index (χ4v) is 16.5. The topological polar surface area (TPSA) is 262 Å². The molecule has 76 heavy (non-hydrogen) atoms. The van der Waals surface area contributed by atoms with Gasteiger partial charge in [-0.1, -0.05) is 60.7 Å². The van der Waals surface area contributed by atoms with Gasteiger partial charge in [0.2, 0.25) is 32.5 Å². The number of thiazole rings is 4. The van der Waals surface area contributed by atoms with Crippen LogP contribution in [0.5, 0.6) is 0 Å². The summed E-state index contributed by atoms with van der Waals surface area (Å²) in [6, 6.07) is 38.5. The first-order chi connectivity index (χ1) is 35.8. The van der Waals surface area contributed by atoms with Crippen molar-refractivity contribution in [2.24, 2.45) is 0 Å². The van der Waals surface area contributed by atoms with E-state index in [2.05, 4.69) is 30.6 Å². The molecular weight excluding hydrogens is 1180 g/mol. The Labute approximate surface area is 508 Å². The van der Waals surface area contributed by atoms with Gasteiger partial charge < -0.3 is 10.6 Å². The Morgan fingerprint density at radius 3 is 0.908 bits per heavy atom. The van der Waals surface area contributed by atoms with Gasteiger partial charge in [0.05, 0.1) is 40.9 Å². The van der Waals surface area contributed by atoms with Crippen LogP contribution in [0.4, 0.5) is 23.3 Å². The number of aromatic nitrogens is 10. The summed E-state index contributed by atoms with van der Waals surface area (Å²) in [7, 11) is -10.1. The summed E-state index contributed by atoms with van der Waals surface area (Å²) in [5, 5.41) is 7.20. The van der Waals surface area contributed by atoms with Crippen molar-refractivity contribution in [2.45, 2.75) is 47.8 Å². The second-order valence-corrected chi connectivity index (χ2v) is 27.0. The average molecular weight is 1210 g/mol. The van der Waals surface area contributed by atoms with Crippen molar-refractivity contribution in [1.82, 2.24) is 49.8 Å². The van der Waals surface area contributed by atoms with Crippen molar-refractivity contribution < 1.29 is 25.9 Å². The third-order valence-electron chi connectivity index (χ3n) is 10.3. The van der Waals surface area contributed by atoms with Crippen LogP contribution in [0.25, 0.3) is 52.0 Å². The monoisotopic (exact) mass is 1210 g/mol. The Bertz CT molecular complexity index is 3810. The minimum atomic E-state index is -5.07. The van der Waals surface area contributed by atoms with E-state index in [9.17, 15) is 25.9 Å². The van der Waals surface area contributed by atoms with Crippen LogP contribution in [0.3, 0.4) is 0 Å². The number of hydrogen-bond donors (Lipinski definition) is 4. The zero-order valence-corrected chi connectivity index (χ0v) is 44.9. The van der Waals surface area contributed by atoms with Gasteiger partial charge in [0, 0.05) is 22.5 Å². The van der Waals surface area contributed by atoms with Gasteiger partial charge in [-0.05, 0) is 120 Å². The molecule has 0 aliphatic carbocycles. The zero-order valence-electron chi connectivity index (χ0n) is 36.8. The number of benzene rings is 6. The van der Waals surface area contributed by atoms with Gasteiger partial charge >= 0.3 is 59.1 Å². The molecule has 0 bridgehead atoms.